The molecule has 31 heavy (non-hydrogen) atoms. The first-order valence-corrected chi connectivity index (χ1v) is 10.1. The number of ether oxygens (including phenoxy) is 2. The van der Waals surface area contributed by atoms with Crippen LogP contribution in [-0.4, -0.2) is 31.2 Å². The second kappa shape index (κ2) is 10.8. The van der Waals surface area contributed by atoms with E-state index in [2.05, 4.69) is 15.8 Å². The Morgan fingerprint density at radius 1 is 0.903 bits per heavy atom. The topological polar surface area (TPSA) is 89.0 Å². The van der Waals surface area contributed by atoms with Crippen molar-refractivity contribution < 1.29 is 19.1 Å². The first-order valence-electron chi connectivity index (χ1n) is 10.1. The zero-order valence-corrected chi connectivity index (χ0v) is 17.6. The summed E-state index contributed by atoms with van der Waals surface area (Å²) in [6.07, 6.45) is 2.36. The van der Waals surface area contributed by atoms with Gasteiger partial charge in [-0.25, -0.2) is 5.43 Å². The largest absolute Gasteiger partial charge is 0.493 e. The standard InChI is InChI=1S/C24H25N3O4/c1-3-15-31-21-14-13-17-9-5-6-10-18(17)19(21)16-25-27-24(29)23(28)26-20-11-7-8-12-22(20)30-4-2/h5-14,16H,3-4,15H2,1-2H3,(H,26,28)(H,27,29)/b25-16-. The summed E-state index contributed by atoms with van der Waals surface area (Å²) in [7, 11) is 0. The number of rotatable bonds is 8. The number of carbonyl (C=O) groups excluding carboxylic acids is 2. The maximum atomic E-state index is 12.3. The minimum atomic E-state index is -0.890. The number of para-hydroxylation sites is 2. The lowest BCUT2D eigenvalue weighted by atomic mass is 10.0. The van der Waals surface area contributed by atoms with Gasteiger partial charge in [-0.3, -0.25) is 9.59 Å². The molecule has 160 valence electrons. The third-order valence-electron chi connectivity index (χ3n) is 4.39. The van der Waals surface area contributed by atoms with Crippen molar-refractivity contribution in [1.82, 2.24) is 5.43 Å². The predicted octanol–water partition coefficient (Wildman–Crippen LogP) is 4.12. The van der Waals surface area contributed by atoms with Gasteiger partial charge in [0.1, 0.15) is 11.5 Å². The molecule has 2 amide bonds. The highest BCUT2D eigenvalue weighted by Gasteiger charge is 2.15. The molecule has 0 spiro atoms. The number of hydrogen-bond donors (Lipinski definition) is 2. The van der Waals surface area contributed by atoms with E-state index in [-0.39, 0.29) is 0 Å². The zero-order chi connectivity index (χ0) is 22.1. The molecule has 0 saturated carbocycles. The van der Waals surface area contributed by atoms with Crippen LogP contribution in [-0.2, 0) is 9.59 Å². The summed E-state index contributed by atoms with van der Waals surface area (Å²) in [6.45, 7) is 4.87. The number of carbonyl (C=O) groups is 2. The van der Waals surface area contributed by atoms with E-state index >= 15 is 0 Å². The number of anilines is 1. The molecular weight excluding hydrogens is 394 g/mol. The highest BCUT2D eigenvalue weighted by atomic mass is 16.5. The van der Waals surface area contributed by atoms with Crippen LogP contribution in [0, 0.1) is 0 Å². The molecule has 7 nitrogen and oxygen atoms in total. The highest BCUT2D eigenvalue weighted by Crippen LogP contribution is 2.27. The quantitative estimate of drug-likeness (QED) is 0.327. The van der Waals surface area contributed by atoms with Crippen molar-refractivity contribution in [2.45, 2.75) is 20.3 Å². The Morgan fingerprint density at radius 2 is 1.68 bits per heavy atom. The fraction of sp³-hybridized carbons (Fsp3) is 0.208. The predicted molar refractivity (Wildman–Crippen MR) is 122 cm³/mol. The molecule has 0 bridgehead atoms. The molecule has 0 unspecified atom stereocenters. The Labute approximate surface area is 181 Å². The van der Waals surface area contributed by atoms with Gasteiger partial charge in [0.15, 0.2) is 0 Å². The van der Waals surface area contributed by atoms with E-state index in [1.165, 1.54) is 6.21 Å². The van der Waals surface area contributed by atoms with E-state index in [1.54, 1.807) is 24.3 Å². The van der Waals surface area contributed by atoms with Crippen LogP contribution in [0.3, 0.4) is 0 Å². The van der Waals surface area contributed by atoms with Gasteiger partial charge in [-0.05, 0) is 42.3 Å². The second-order valence-electron chi connectivity index (χ2n) is 6.63. The second-order valence-corrected chi connectivity index (χ2v) is 6.63. The van der Waals surface area contributed by atoms with Crippen LogP contribution in [0.5, 0.6) is 11.5 Å². The average molecular weight is 419 g/mol. The van der Waals surface area contributed by atoms with E-state index in [0.29, 0.717) is 30.4 Å². The monoisotopic (exact) mass is 419 g/mol. The number of nitrogens with zero attached hydrogens (tertiary/aromatic N) is 1. The van der Waals surface area contributed by atoms with Crippen molar-refractivity contribution in [2.24, 2.45) is 5.10 Å². The maximum absolute atomic E-state index is 12.3. The normalized spacial score (nSPS) is 10.8. The molecule has 0 aliphatic heterocycles. The van der Waals surface area contributed by atoms with Gasteiger partial charge in [-0.2, -0.15) is 5.10 Å². The summed E-state index contributed by atoms with van der Waals surface area (Å²) in [5.41, 5.74) is 3.42. The molecule has 0 heterocycles. The van der Waals surface area contributed by atoms with Crippen molar-refractivity contribution >= 4 is 34.5 Å². The van der Waals surface area contributed by atoms with Crippen LogP contribution in [0.4, 0.5) is 5.69 Å². The first kappa shape index (κ1) is 21.8. The first-order chi connectivity index (χ1) is 15.1. The van der Waals surface area contributed by atoms with Crippen molar-refractivity contribution in [3.63, 3.8) is 0 Å². The molecule has 0 saturated heterocycles. The molecule has 3 aromatic rings. The maximum Gasteiger partial charge on any atom is 0.329 e. The Bertz CT molecular complexity index is 1100. The summed E-state index contributed by atoms with van der Waals surface area (Å²) in [4.78, 5) is 24.5. The zero-order valence-electron chi connectivity index (χ0n) is 17.6. The van der Waals surface area contributed by atoms with Crippen LogP contribution in [0.1, 0.15) is 25.8 Å². The number of fused-ring (bicyclic) bond motifs is 1. The fourth-order valence-electron chi connectivity index (χ4n) is 2.98. The smallest absolute Gasteiger partial charge is 0.329 e. The van der Waals surface area contributed by atoms with Gasteiger partial charge >= 0.3 is 11.8 Å². The lowest BCUT2D eigenvalue weighted by Crippen LogP contribution is -2.32. The molecular formula is C24H25N3O4. The van der Waals surface area contributed by atoms with Gasteiger partial charge in [0.05, 0.1) is 25.1 Å². The summed E-state index contributed by atoms with van der Waals surface area (Å²) < 4.78 is 11.3. The molecule has 0 aliphatic rings. The van der Waals surface area contributed by atoms with Gasteiger partial charge in [0.2, 0.25) is 0 Å². The molecule has 0 fully saturated rings. The molecule has 0 atom stereocenters. The van der Waals surface area contributed by atoms with Crippen LogP contribution in [0.15, 0.2) is 65.8 Å². The SMILES string of the molecule is CCCOc1ccc2ccccc2c1/C=N\NC(=O)C(=O)Nc1ccccc1OCC. The van der Waals surface area contributed by atoms with E-state index in [9.17, 15) is 9.59 Å². The van der Waals surface area contributed by atoms with E-state index in [4.69, 9.17) is 9.47 Å². The van der Waals surface area contributed by atoms with Crippen molar-refractivity contribution in [3.05, 3.63) is 66.2 Å². The Kier molecular flexibility index (Phi) is 7.59. The molecule has 0 radical (unpaired) electrons. The number of hydrogen-bond acceptors (Lipinski definition) is 5. The van der Waals surface area contributed by atoms with Gasteiger partial charge in [-0.1, -0.05) is 49.4 Å². The molecule has 0 aromatic heterocycles. The van der Waals surface area contributed by atoms with E-state index in [1.807, 2.05) is 50.2 Å². The number of amides is 2. The lowest BCUT2D eigenvalue weighted by molar-refractivity contribution is -0.136. The van der Waals surface area contributed by atoms with Crippen LogP contribution in [0.2, 0.25) is 0 Å². The Balaban J connectivity index is 1.73. The molecule has 3 rings (SSSR count). The van der Waals surface area contributed by atoms with Gasteiger partial charge in [0.25, 0.3) is 0 Å². The molecule has 0 aliphatic carbocycles. The van der Waals surface area contributed by atoms with Crippen LogP contribution in [0.25, 0.3) is 10.8 Å². The minimum absolute atomic E-state index is 0.415. The van der Waals surface area contributed by atoms with Crippen LogP contribution >= 0.6 is 0 Å². The van der Waals surface area contributed by atoms with Crippen molar-refractivity contribution in [2.75, 3.05) is 18.5 Å². The molecule has 3 aromatic carbocycles. The molecule has 7 heteroatoms. The number of benzene rings is 3. The molecule has 2 N–H and O–H groups in total. The summed E-state index contributed by atoms with van der Waals surface area (Å²) in [6, 6.07) is 18.6. The van der Waals surface area contributed by atoms with E-state index in [0.717, 1.165) is 22.8 Å². The summed E-state index contributed by atoms with van der Waals surface area (Å²) in [5, 5.41) is 8.48. The summed E-state index contributed by atoms with van der Waals surface area (Å²) >= 11 is 0. The Hall–Kier alpha value is -3.87. The van der Waals surface area contributed by atoms with Crippen molar-refractivity contribution in [3.8, 4) is 11.5 Å². The third kappa shape index (κ3) is 5.60. The number of nitrogens with one attached hydrogen (secondary N) is 2. The van der Waals surface area contributed by atoms with Gasteiger partial charge < -0.3 is 14.8 Å². The number of hydrazone groups is 1. The van der Waals surface area contributed by atoms with Gasteiger partial charge in [0, 0.05) is 5.56 Å². The van der Waals surface area contributed by atoms with Crippen molar-refractivity contribution in [1.29, 1.82) is 0 Å². The lowest BCUT2D eigenvalue weighted by Gasteiger charge is -2.11. The van der Waals surface area contributed by atoms with E-state index < -0.39 is 11.8 Å². The fourth-order valence-corrected chi connectivity index (χ4v) is 2.98. The summed E-state index contributed by atoms with van der Waals surface area (Å²) in [5.74, 6) is -0.583. The van der Waals surface area contributed by atoms with Crippen LogP contribution < -0.4 is 20.2 Å². The third-order valence-corrected chi connectivity index (χ3v) is 4.39. The average Bonchev–Trinajstić information content (AvgIpc) is 2.79. The Morgan fingerprint density at radius 3 is 2.48 bits per heavy atom. The minimum Gasteiger partial charge on any atom is -0.493 e. The van der Waals surface area contributed by atoms with Gasteiger partial charge in [-0.15, -0.1) is 0 Å². The highest BCUT2D eigenvalue weighted by molar-refractivity contribution is 6.39.